The van der Waals surface area contributed by atoms with E-state index in [0.717, 1.165) is 20.9 Å². The Bertz CT molecular complexity index is 1370. The van der Waals surface area contributed by atoms with Gasteiger partial charge in [-0.25, -0.2) is 9.18 Å². The third-order valence-electron chi connectivity index (χ3n) is 5.36. The van der Waals surface area contributed by atoms with Crippen molar-refractivity contribution >= 4 is 29.5 Å². The number of hydrogen-bond donors (Lipinski definition) is 2. The van der Waals surface area contributed by atoms with Gasteiger partial charge in [0.15, 0.2) is 5.76 Å². The molecule has 0 saturated carbocycles. The van der Waals surface area contributed by atoms with Gasteiger partial charge >= 0.3 is 12.1 Å². The summed E-state index contributed by atoms with van der Waals surface area (Å²) in [5.41, 5.74) is 2.56. The molecule has 1 heterocycles. The molecule has 4 aromatic rings. The Morgan fingerprint density at radius 2 is 1.69 bits per heavy atom. The summed E-state index contributed by atoms with van der Waals surface area (Å²) in [5.74, 6) is -0.912. The quantitative estimate of drug-likeness (QED) is 0.269. The maximum Gasteiger partial charge on any atom is 0.412 e. The number of carboxylic acid groups (broad SMARTS) is 1. The van der Waals surface area contributed by atoms with E-state index in [1.54, 1.807) is 44.2 Å². The average Bonchev–Trinajstić information content (AvgIpc) is 3.20. The van der Waals surface area contributed by atoms with E-state index in [2.05, 4.69) is 10.5 Å². The Morgan fingerprint density at radius 3 is 2.33 bits per heavy atom. The number of carbonyl (C=O) groups is 2. The summed E-state index contributed by atoms with van der Waals surface area (Å²) < 4.78 is 24.6. The van der Waals surface area contributed by atoms with Crippen molar-refractivity contribution in [1.29, 1.82) is 0 Å². The van der Waals surface area contributed by atoms with Crippen LogP contribution in [0.1, 0.15) is 29.9 Å². The number of amides is 1. The normalized spacial score (nSPS) is 11.6. The van der Waals surface area contributed by atoms with Crippen LogP contribution >= 0.6 is 11.8 Å². The van der Waals surface area contributed by atoms with E-state index in [1.807, 2.05) is 36.4 Å². The first-order valence-electron chi connectivity index (χ1n) is 11.1. The van der Waals surface area contributed by atoms with Crippen molar-refractivity contribution in [2.75, 3.05) is 5.32 Å². The third kappa shape index (κ3) is 6.11. The monoisotopic (exact) mass is 506 g/mol. The van der Waals surface area contributed by atoms with Gasteiger partial charge < -0.3 is 14.4 Å². The number of aliphatic carboxylic acids is 1. The largest absolute Gasteiger partial charge is 0.481 e. The van der Waals surface area contributed by atoms with Crippen molar-refractivity contribution in [1.82, 2.24) is 5.16 Å². The maximum atomic E-state index is 14.0. The number of nitrogens with one attached hydrogen (secondary N) is 1. The molecule has 1 amide bonds. The van der Waals surface area contributed by atoms with Crippen molar-refractivity contribution in [3.05, 3.63) is 95.5 Å². The molecule has 0 aliphatic carbocycles. The summed E-state index contributed by atoms with van der Waals surface area (Å²) in [6.45, 7) is 3.26. The lowest BCUT2D eigenvalue weighted by Crippen LogP contribution is -2.17. The Labute approximate surface area is 211 Å². The molecule has 9 heteroatoms. The van der Waals surface area contributed by atoms with Crippen molar-refractivity contribution < 1.29 is 28.3 Å². The van der Waals surface area contributed by atoms with Crippen LogP contribution in [0.3, 0.4) is 0 Å². The summed E-state index contributed by atoms with van der Waals surface area (Å²) in [6.07, 6.45) is -1.55. The maximum absolute atomic E-state index is 14.0. The lowest BCUT2D eigenvalue weighted by molar-refractivity contribution is -0.136. The van der Waals surface area contributed by atoms with Crippen LogP contribution in [0.2, 0.25) is 0 Å². The topological polar surface area (TPSA) is 102 Å². The van der Waals surface area contributed by atoms with Crippen LogP contribution in [0.25, 0.3) is 11.3 Å². The predicted octanol–water partition coefficient (Wildman–Crippen LogP) is 6.88. The zero-order valence-corrected chi connectivity index (χ0v) is 20.3. The van der Waals surface area contributed by atoms with E-state index >= 15 is 0 Å². The number of carbonyl (C=O) groups excluding carboxylic acids is 1. The molecule has 1 unspecified atom stereocenters. The minimum atomic E-state index is -0.865. The van der Waals surface area contributed by atoms with Gasteiger partial charge in [-0.3, -0.25) is 10.1 Å². The van der Waals surface area contributed by atoms with Crippen molar-refractivity contribution in [3.63, 3.8) is 0 Å². The lowest BCUT2D eigenvalue weighted by Gasteiger charge is -2.15. The van der Waals surface area contributed by atoms with Gasteiger partial charge in [-0.2, -0.15) is 0 Å². The number of benzene rings is 3. The van der Waals surface area contributed by atoms with Gasteiger partial charge in [0.2, 0.25) is 0 Å². The van der Waals surface area contributed by atoms with E-state index in [1.165, 1.54) is 17.8 Å². The highest BCUT2D eigenvalue weighted by molar-refractivity contribution is 7.99. The van der Waals surface area contributed by atoms with E-state index < -0.39 is 24.0 Å². The Balaban J connectivity index is 1.43. The molecule has 184 valence electrons. The molecule has 1 atom stereocenters. The first-order chi connectivity index (χ1) is 17.3. The molecule has 3 aromatic carbocycles. The van der Waals surface area contributed by atoms with Crippen molar-refractivity contribution in [2.45, 2.75) is 36.2 Å². The van der Waals surface area contributed by atoms with Crippen molar-refractivity contribution in [3.8, 4) is 11.3 Å². The standard InChI is InChI=1S/C27H23FN2O5S/c1-16(22-5-3-4-6-23(22)28)34-27(33)29-25-17(2)35-30-26(25)19-9-13-21(14-10-19)36-20-11-7-18(8-12-20)15-24(31)32/h3-14,16H,15H2,1-2H3,(H,29,33)(H,31,32). The summed E-state index contributed by atoms with van der Waals surface area (Å²) in [6, 6.07) is 21.0. The number of hydrogen-bond acceptors (Lipinski definition) is 6. The Kier molecular flexibility index (Phi) is 7.70. The molecular weight excluding hydrogens is 483 g/mol. The molecule has 0 fully saturated rings. The second-order valence-electron chi connectivity index (χ2n) is 8.00. The highest BCUT2D eigenvalue weighted by atomic mass is 32.2. The molecule has 2 N–H and O–H groups in total. The summed E-state index contributed by atoms with van der Waals surface area (Å²) in [5, 5.41) is 15.6. The van der Waals surface area contributed by atoms with Crippen LogP contribution in [0, 0.1) is 12.7 Å². The summed E-state index contributed by atoms with van der Waals surface area (Å²) >= 11 is 1.53. The van der Waals surface area contributed by atoms with E-state index in [-0.39, 0.29) is 12.0 Å². The number of nitrogens with zero attached hydrogens (tertiary/aromatic N) is 1. The summed E-state index contributed by atoms with van der Waals surface area (Å²) in [4.78, 5) is 25.3. The molecular formula is C27H23FN2O5S. The van der Waals surface area contributed by atoms with Gasteiger partial charge in [-0.15, -0.1) is 0 Å². The number of ether oxygens (including phenoxy) is 1. The molecule has 1 aromatic heterocycles. The lowest BCUT2D eigenvalue weighted by atomic mass is 10.1. The number of aromatic nitrogens is 1. The van der Waals surface area contributed by atoms with Gasteiger partial charge in [-0.1, -0.05) is 59.4 Å². The summed E-state index contributed by atoms with van der Waals surface area (Å²) in [7, 11) is 0. The van der Waals surface area contributed by atoms with E-state index in [4.69, 9.17) is 14.4 Å². The highest BCUT2D eigenvalue weighted by Gasteiger charge is 2.20. The minimum absolute atomic E-state index is 0.0112. The Hall–Kier alpha value is -4.11. The average molecular weight is 507 g/mol. The van der Waals surface area contributed by atoms with Crippen LogP contribution in [0.4, 0.5) is 14.9 Å². The smallest absolute Gasteiger partial charge is 0.412 e. The number of rotatable bonds is 8. The van der Waals surface area contributed by atoms with Crippen LogP contribution < -0.4 is 5.32 Å². The molecule has 0 saturated heterocycles. The minimum Gasteiger partial charge on any atom is -0.481 e. The van der Waals surface area contributed by atoms with Crippen LogP contribution in [0.15, 0.2) is 87.1 Å². The van der Waals surface area contributed by atoms with Crippen LogP contribution in [-0.2, 0) is 16.0 Å². The van der Waals surface area contributed by atoms with Gasteiger partial charge in [-0.05, 0) is 49.7 Å². The predicted molar refractivity (Wildman–Crippen MR) is 133 cm³/mol. The fourth-order valence-corrected chi connectivity index (χ4v) is 4.36. The second kappa shape index (κ2) is 11.1. The zero-order chi connectivity index (χ0) is 25.7. The van der Waals surface area contributed by atoms with Gasteiger partial charge in [0.05, 0.1) is 6.42 Å². The first-order valence-corrected chi connectivity index (χ1v) is 11.9. The van der Waals surface area contributed by atoms with E-state index in [0.29, 0.717) is 17.1 Å². The molecule has 7 nitrogen and oxygen atoms in total. The molecule has 36 heavy (non-hydrogen) atoms. The second-order valence-corrected chi connectivity index (χ2v) is 9.14. The number of halogens is 1. The van der Waals surface area contributed by atoms with Crippen LogP contribution in [0.5, 0.6) is 0 Å². The number of aryl methyl sites for hydroxylation is 1. The Morgan fingerprint density at radius 1 is 1.06 bits per heavy atom. The molecule has 0 bridgehead atoms. The molecule has 0 aliphatic heterocycles. The highest BCUT2D eigenvalue weighted by Crippen LogP contribution is 2.34. The SMILES string of the molecule is Cc1onc(-c2ccc(Sc3ccc(CC(=O)O)cc3)cc2)c1NC(=O)OC(C)c1ccccc1F. The molecule has 4 rings (SSSR count). The zero-order valence-electron chi connectivity index (χ0n) is 19.5. The fourth-order valence-electron chi connectivity index (χ4n) is 3.54. The van der Waals surface area contributed by atoms with Gasteiger partial charge in [0.1, 0.15) is 23.3 Å². The van der Waals surface area contributed by atoms with Crippen LogP contribution in [-0.4, -0.2) is 22.3 Å². The molecule has 0 spiro atoms. The molecule has 0 radical (unpaired) electrons. The van der Waals surface area contributed by atoms with Crippen molar-refractivity contribution in [2.24, 2.45) is 0 Å². The number of anilines is 1. The first kappa shape index (κ1) is 25.0. The third-order valence-corrected chi connectivity index (χ3v) is 6.37. The van der Waals surface area contributed by atoms with E-state index in [9.17, 15) is 14.0 Å². The fraction of sp³-hybridized carbons (Fsp3) is 0.148. The molecule has 0 aliphatic rings. The number of carboxylic acids is 1. The van der Waals surface area contributed by atoms with Gasteiger partial charge in [0, 0.05) is 20.9 Å². The van der Waals surface area contributed by atoms with Gasteiger partial charge in [0.25, 0.3) is 0 Å².